The van der Waals surface area contributed by atoms with Crippen molar-refractivity contribution in [1.82, 2.24) is 0 Å². The standard InChI is InChI=1S/C29H29ClN2O7/c1-31(2)17-9-7-16(8-10-17)26-25(27(33)19-14-23(38-5)20(30)15-22(19)37-4)28(34)29(35)32(26)18-11-12-21(36-3)24(13-18)39-6/h7-15,26,33H,1-6H3/b27-25+. The molecule has 3 aromatic rings. The highest BCUT2D eigenvalue weighted by Crippen LogP contribution is 2.46. The van der Waals surface area contributed by atoms with Gasteiger partial charge in [0.2, 0.25) is 0 Å². The van der Waals surface area contributed by atoms with Gasteiger partial charge in [-0.05, 0) is 35.9 Å². The van der Waals surface area contributed by atoms with Crippen molar-refractivity contribution in [2.45, 2.75) is 6.04 Å². The summed E-state index contributed by atoms with van der Waals surface area (Å²) in [7, 11) is 9.64. The average molecular weight is 553 g/mol. The van der Waals surface area contributed by atoms with Gasteiger partial charge in [-0.25, -0.2) is 0 Å². The zero-order valence-corrected chi connectivity index (χ0v) is 23.2. The van der Waals surface area contributed by atoms with Gasteiger partial charge in [-0.15, -0.1) is 0 Å². The molecular formula is C29H29ClN2O7. The van der Waals surface area contributed by atoms with Gasteiger partial charge < -0.3 is 29.0 Å². The van der Waals surface area contributed by atoms with Crippen molar-refractivity contribution in [2.75, 3.05) is 52.3 Å². The minimum Gasteiger partial charge on any atom is -0.507 e. The Balaban J connectivity index is 1.99. The van der Waals surface area contributed by atoms with Crippen molar-refractivity contribution in [3.63, 3.8) is 0 Å². The number of aliphatic hydroxyl groups excluding tert-OH is 1. The quantitative estimate of drug-likeness (QED) is 0.235. The normalized spacial score (nSPS) is 16.3. The lowest BCUT2D eigenvalue weighted by Gasteiger charge is -2.26. The molecule has 0 aliphatic carbocycles. The molecule has 0 bridgehead atoms. The molecular weight excluding hydrogens is 524 g/mol. The van der Waals surface area contributed by atoms with E-state index in [1.165, 1.54) is 45.5 Å². The lowest BCUT2D eigenvalue weighted by molar-refractivity contribution is -0.132. The van der Waals surface area contributed by atoms with E-state index in [1.807, 2.05) is 43.3 Å². The highest BCUT2D eigenvalue weighted by atomic mass is 35.5. The minimum atomic E-state index is -0.967. The number of amides is 1. The number of hydrogen-bond acceptors (Lipinski definition) is 8. The summed E-state index contributed by atoms with van der Waals surface area (Å²) in [6, 6.07) is 14.2. The topological polar surface area (TPSA) is 97.8 Å². The van der Waals surface area contributed by atoms with E-state index in [1.54, 1.807) is 18.2 Å². The average Bonchev–Trinajstić information content (AvgIpc) is 3.21. The number of methoxy groups -OCH3 is 4. The first kappa shape index (κ1) is 27.7. The smallest absolute Gasteiger partial charge is 0.300 e. The van der Waals surface area contributed by atoms with Gasteiger partial charge in [-0.2, -0.15) is 0 Å². The maximum absolute atomic E-state index is 13.6. The third-order valence-corrected chi connectivity index (χ3v) is 6.84. The molecule has 0 radical (unpaired) electrons. The van der Waals surface area contributed by atoms with Crippen LogP contribution in [0.25, 0.3) is 5.76 Å². The third-order valence-electron chi connectivity index (χ3n) is 6.54. The number of benzene rings is 3. The predicted octanol–water partition coefficient (Wildman–Crippen LogP) is 5.07. The van der Waals surface area contributed by atoms with Crippen molar-refractivity contribution >= 4 is 40.4 Å². The Bertz CT molecular complexity index is 1450. The molecule has 0 aromatic heterocycles. The number of carbonyl (C=O) groups excluding carboxylic acids is 2. The molecule has 0 spiro atoms. The number of carbonyl (C=O) groups is 2. The van der Waals surface area contributed by atoms with E-state index in [9.17, 15) is 14.7 Å². The summed E-state index contributed by atoms with van der Waals surface area (Å²) in [4.78, 5) is 30.4. The molecule has 1 heterocycles. The van der Waals surface area contributed by atoms with Gasteiger partial charge in [0.1, 0.15) is 17.3 Å². The Morgan fingerprint density at radius 3 is 2.00 bits per heavy atom. The first-order chi connectivity index (χ1) is 18.7. The maximum Gasteiger partial charge on any atom is 0.300 e. The van der Waals surface area contributed by atoms with Crippen LogP contribution in [0, 0.1) is 0 Å². The Morgan fingerprint density at radius 1 is 0.821 bits per heavy atom. The predicted molar refractivity (Wildman–Crippen MR) is 150 cm³/mol. The van der Waals surface area contributed by atoms with Gasteiger partial charge in [0.05, 0.1) is 50.6 Å². The van der Waals surface area contributed by atoms with Gasteiger partial charge in [-0.1, -0.05) is 23.7 Å². The van der Waals surface area contributed by atoms with E-state index in [0.29, 0.717) is 22.7 Å². The molecule has 3 aromatic carbocycles. The molecule has 1 fully saturated rings. The molecule has 1 aliphatic rings. The number of ketones is 1. The third kappa shape index (κ3) is 4.93. The second-order valence-electron chi connectivity index (χ2n) is 8.88. The Hall–Kier alpha value is -4.37. The van der Waals surface area contributed by atoms with E-state index in [-0.39, 0.29) is 27.7 Å². The summed E-state index contributed by atoms with van der Waals surface area (Å²) in [5.74, 6) is -0.794. The van der Waals surface area contributed by atoms with E-state index >= 15 is 0 Å². The first-order valence-corrected chi connectivity index (χ1v) is 12.3. The summed E-state index contributed by atoms with van der Waals surface area (Å²) >= 11 is 6.26. The van der Waals surface area contributed by atoms with Crippen molar-refractivity contribution in [1.29, 1.82) is 0 Å². The van der Waals surface area contributed by atoms with E-state index in [0.717, 1.165) is 5.69 Å². The second-order valence-corrected chi connectivity index (χ2v) is 9.29. The van der Waals surface area contributed by atoms with Crippen molar-refractivity contribution in [3.8, 4) is 23.0 Å². The number of halogens is 1. The number of hydrogen-bond donors (Lipinski definition) is 1. The molecule has 10 heteroatoms. The van der Waals surface area contributed by atoms with Crippen LogP contribution >= 0.6 is 11.6 Å². The second kappa shape index (κ2) is 11.2. The first-order valence-electron chi connectivity index (χ1n) is 11.9. The number of ether oxygens (including phenoxy) is 4. The van der Waals surface area contributed by atoms with Crippen LogP contribution in [0.4, 0.5) is 11.4 Å². The van der Waals surface area contributed by atoms with Crippen molar-refractivity contribution in [2.24, 2.45) is 0 Å². The number of Topliss-reactive ketones (excluding diaryl/α,β-unsaturated/α-hetero) is 1. The van der Waals surface area contributed by atoms with E-state index in [4.69, 9.17) is 30.5 Å². The lowest BCUT2D eigenvalue weighted by Crippen LogP contribution is -2.29. The summed E-state index contributed by atoms with van der Waals surface area (Å²) < 4.78 is 21.5. The van der Waals surface area contributed by atoms with E-state index < -0.39 is 23.5 Å². The molecule has 1 unspecified atom stereocenters. The fourth-order valence-electron chi connectivity index (χ4n) is 4.53. The molecule has 9 nitrogen and oxygen atoms in total. The number of aliphatic hydroxyl groups is 1. The highest BCUT2D eigenvalue weighted by molar-refractivity contribution is 6.51. The molecule has 1 saturated heterocycles. The Kier molecular flexibility index (Phi) is 7.92. The lowest BCUT2D eigenvalue weighted by atomic mass is 9.94. The summed E-state index contributed by atoms with van der Waals surface area (Å²) in [6.45, 7) is 0. The summed E-state index contributed by atoms with van der Waals surface area (Å²) in [6.07, 6.45) is 0. The van der Waals surface area contributed by atoms with Crippen LogP contribution in [0.3, 0.4) is 0 Å². The SMILES string of the molecule is COc1cc(/C(O)=C2\C(=O)C(=O)N(c3ccc(OC)c(OC)c3)C2c2ccc(N(C)C)cc2)c(OC)cc1Cl. The fraction of sp³-hybridized carbons (Fsp3) is 0.241. The fourth-order valence-corrected chi connectivity index (χ4v) is 4.77. The summed E-state index contributed by atoms with van der Waals surface area (Å²) in [5.41, 5.74) is 1.95. The molecule has 4 rings (SSSR count). The van der Waals surface area contributed by atoms with Gasteiger partial charge in [0, 0.05) is 37.6 Å². The van der Waals surface area contributed by atoms with Crippen molar-refractivity contribution < 1.29 is 33.6 Å². The number of anilines is 2. The van der Waals surface area contributed by atoms with Crippen LogP contribution < -0.4 is 28.7 Å². The largest absolute Gasteiger partial charge is 0.507 e. The zero-order chi connectivity index (χ0) is 28.4. The summed E-state index contributed by atoms with van der Waals surface area (Å²) in [5, 5.41) is 11.9. The van der Waals surface area contributed by atoms with Gasteiger partial charge in [0.15, 0.2) is 11.5 Å². The van der Waals surface area contributed by atoms with Gasteiger partial charge in [-0.3, -0.25) is 14.5 Å². The van der Waals surface area contributed by atoms with Crippen LogP contribution in [0.1, 0.15) is 17.2 Å². The van der Waals surface area contributed by atoms with Crippen molar-refractivity contribution in [3.05, 3.63) is 76.3 Å². The monoisotopic (exact) mass is 552 g/mol. The molecule has 1 aliphatic heterocycles. The van der Waals surface area contributed by atoms with Crippen LogP contribution in [0.15, 0.2) is 60.2 Å². The molecule has 1 N–H and O–H groups in total. The number of nitrogens with zero attached hydrogens (tertiary/aromatic N) is 2. The zero-order valence-electron chi connectivity index (χ0n) is 22.4. The molecule has 1 atom stereocenters. The molecule has 0 saturated carbocycles. The molecule has 204 valence electrons. The van der Waals surface area contributed by atoms with Gasteiger partial charge >= 0.3 is 0 Å². The Labute approximate surface area is 231 Å². The van der Waals surface area contributed by atoms with Crippen LogP contribution in [-0.4, -0.2) is 59.3 Å². The minimum absolute atomic E-state index is 0.116. The van der Waals surface area contributed by atoms with Crippen LogP contribution in [-0.2, 0) is 9.59 Å². The maximum atomic E-state index is 13.6. The van der Waals surface area contributed by atoms with Gasteiger partial charge in [0.25, 0.3) is 11.7 Å². The number of rotatable bonds is 8. The highest BCUT2D eigenvalue weighted by Gasteiger charge is 2.47. The van der Waals surface area contributed by atoms with Crippen LogP contribution in [0.5, 0.6) is 23.0 Å². The molecule has 39 heavy (non-hydrogen) atoms. The van der Waals surface area contributed by atoms with Crippen LogP contribution in [0.2, 0.25) is 5.02 Å². The molecule has 1 amide bonds. The van der Waals surface area contributed by atoms with E-state index in [2.05, 4.69) is 0 Å². The Morgan fingerprint density at radius 2 is 1.44 bits per heavy atom.